The summed E-state index contributed by atoms with van der Waals surface area (Å²) in [4.78, 5) is 34.7. The molecule has 2 aliphatic rings. The van der Waals surface area contributed by atoms with Gasteiger partial charge < -0.3 is 25.2 Å². The van der Waals surface area contributed by atoms with Gasteiger partial charge in [-0.25, -0.2) is 4.79 Å². The van der Waals surface area contributed by atoms with Crippen LogP contribution in [0.15, 0.2) is 4.99 Å². The average molecular weight is 553 g/mol. The van der Waals surface area contributed by atoms with Crippen molar-refractivity contribution in [3.05, 3.63) is 0 Å². The van der Waals surface area contributed by atoms with Crippen LogP contribution in [-0.2, 0) is 9.53 Å². The van der Waals surface area contributed by atoms with Crippen LogP contribution in [0.3, 0.4) is 0 Å². The molecule has 0 spiro atoms. The van der Waals surface area contributed by atoms with E-state index in [0.717, 1.165) is 44.9 Å². The van der Waals surface area contributed by atoms with Crippen LogP contribution in [0.4, 0.5) is 4.79 Å². The van der Waals surface area contributed by atoms with Crippen LogP contribution in [-0.4, -0.2) is 104 Å². The third kappa shape index (κ3) is 8.99. The van der Waals surface area contributed by atoms with Crippen molar-refractivity contribution >= 4 is 41.9 Å². The third-order valence-electron chi connectivity index (χ3n) is 5.18. The summed E-state index contributed by atoms with van der Waals surface area (Å²) in [6.07, 6.45) is 2.66. The summed E-state index contributed by atoms with van der Waals surface area (Å²) in [7, 11) is 3.64. The summed E-state index contributed by atoms with van der Waals surface area (Å²) in [6.45, 7) is 12.2. The predicted octanol–water partition coefficient (Wildman–Crippen LogP) is 1.72. The van der Waals surface area contributed by atoms with Gasteiger partial charge in [-0.3, -0.25) is 14.7 Å². The number of aliphatic imine (C=N–C) groups is 1. The molecule has 1 unspecified atom stereocenters. The van der Waals surface area contributed by atoms with E-state index in [-0.39, 0.29) is 48.1 Å². The lowest BCUT2D eigenvalue weighted by molar-refractivity contribution is -0.133. The largest absolute Gasteiger partial charge is 0.444 e. The maximum absolute atomic E-state index is 12.3. The molecular formula is C21H41IN6O3. The first-order chi connectivity index (χ1) is 14.1. The highest BCUT2D eigenvalue weighted by atomic mass is 127. The Kier molecular flexibility index (Phi) is 11.3. The number of likely N-dealkylation sites (tertiary alicyclic amines) is 2. The first-order valence-corrected chi connectivity index (χ1v) is 11.1. The SMILES string of the molecule is CCNC(=NCCCN1CCCC1C(=O)N(C)C)NC1CN(C(=O)OC(C)(C)C)C1.I. The molecule has 0 saturated carbocycles. The van der Waals surface area contributed by atoms with E-state index in [2.05, 4.69) is 20.5 Å². The molecule has 0 aromatic rings. The van der Waals surface area contributed by atoms with Gasteiger partial charge >= 0.3 is 6.09 Å². The van der Waals surface area contributed by atoms with Gasteiger partial charge in [0.2, 0.25) is 5.91 Å². The van der Waals surface area contributed by atoms with Crippen molar-refractivity contribution in [1.29, 1.82) is 0 Å². The molecule has 2 aliphatic heterocycles. The molecule has 1 atom stereocenters. The standard InChI is InChI=1S/C21H40N6O3.HI/c1-7-22-19(24-16-14-27(15-16)20(29)30-21(2,3)4)23-11-9-13-26-12-8-10-17(26)18(28)25(5)6;/h16-17H,7-15H2,1-6H3,(H2,22,23,24);1H. The monoisotopic (exact) mass is 552 g/mol. The van der Waals surface area contributed by atoms with Gasteiger partial charge in [-0.2, -0.15) is 0 Å². The number of rotatable bonds is 7. The number of likely N-dealkylation sites (N-methyl/N-ethyl adjacent to an activating group) is 1. The molecule has 0 aliphatic carbocycles. The lowest BCUT2D eigenvalue weighted by atomic mass is 10.1. The average Bonchev–Trinajstić information content (AvgIpc) is 3.07. The fraction of sp³-hybridized carbons (Fsp3) is 0.857. The Labute approximate surface area is 204 Å². The lowest BCUT2D eigenvalue weighted by Gasteiger charge is -2.40. The van der Waals surface area contributed by atoms with Crippen LogP contribution in [0.1, 0.15) is 47.0 Å². The highest BCUT2D eigenvalue weighted by Gasteiger charge is 2.34. The molecule has 2 saturated heterocycles. The van der Waals surface area contributed by atoms with Crippen molar-refractivity contribution in [3.63, 3.8) is 0 Å². The van der Waals surface area contributed by atoms with Gasteiger partial charge in [0.1, 0.15) is 5.60 Å². The molecule has 0 aromatic heterocycles. The molecule has 31 heavy (non-hydrogen) atoms. The number of guanidine groups is 1. The van der Waals surface area contributed by atoms with E-state index in [0.29, 0.717) is 19.6 Å². The first-order valence-electron chi connectivity index (χ1n) is 11.1. The maximum atomic E-state index is 12.3. The molecule has 2 heterocycles. The van der Waals surface area contributed by atoms with Crippen molar-refractivity contribution < 1.29 is 14.3 Å². The van der Waals surface area contributed by atoms with Gasteiger partial charge in [0, 0.05) is 46.8 Å². The first kappa shape index (κ1) is 27.7. The van der Waals surface area contributed by atoms with E-state index < -0.39 is 5.60 Å². The highest BCUT2D eigenvalue weighted by molar-refractivity contribution is 14.0. The van der Waals surface area contributed by atoms with Gasteiger partial charge in [0.25, 0.3) is 0 Å². The van der Waals surface area contributed by atoms with Crippen molar-refractivity contribution in [2.75, 3.05) is 53.4 Å². The van der Waals surface area contributed by atoms with E-state index >= 15 is 0 Å². The van der Waals surface area contributed by atoms with E-state index in [4.69, 9.17) is 4.74 Å². The van der Waals surface area contributed by atoms with E-state index in [1.807, 2.05) is 41.8 Å². The van der Waals surface area contributed by atoms with Crippen molar-refractivity contribution in [1.82, 2.24) is 25.3 Å². The summed E-state index contributed by atoms with van der Waals surface area (Å²) in [5.74, 6) is 0.971. The minimum absolute atomic E-state index is 0. The number of nitrogens with one attached hydrogen (secondary N) is 2. The summed E-state index contributed by atoms with van der Waals surface area (Å²) in [5.41, 5.74) is -0.475. The molecule has 0 radical (unpaired) electrons. The zero-order valence-corrected chi connectivity index (χ0v) is 22.3. The molecule has 2 rings (SSSR count). The minimum Gasteiger partial charge on any atom is -0.444 e. The van der Waals surface area contributed by atoms with Crippen LogP contribution in [0, 0.1) is 0 Å². The highest BCUT2D eigenvalue weighted by Crippen LogP contribution is 2.19. The predicted molar refractivity (Wildman–Crippen MR) is 134 cm³/mol. The molecule has 0 aromatic carbocycles. The molecule has 9 nitrogen and oxygen atoms in total. The Bertz CT molecular complexity index is 617. The smallest absolute Gasteiger partial charge is 0.410 e. The number of ether oxygens (including phenoxy) is 1. The number of halogens is 1. The minimum atomic E-state index is -0.475. The Morgan fingerprint density at radius 1 is 1.23 bits per heavy atom. The van der Waals surface area contributed by atoms with E-state index in [9.17, 15) is 9.59 Å². The fourth-order valence-corrected chi connectivity index (χ4v) is 3.69. The van der Waals surface area contributed by atoms with Gasteiger partial charge in [-0.05, 0) is 53.5 Å². The molecular weight excluding hydrogens is 511 g/mol. The summed E-state index contributed by atoms with van der Waals surface area (Å²) >= 11 is 0. The quantitative estimate of drug-likeness (QED) is 0.217. The van der Waals surface area contributed by atoms with Crippen molar-refractivity contribution in [2.24, 2.45) is 4.99 Å². The van der Waals surface area contributed by atoms with Gasteiger partial charge in [0.05, 0.1) is 12.1 Å². The Hall–Kier alpha value is -1.30. The second-order valence-electron chi connectivity index (χ2n) is 9.27. The molecule has 2 N–H and O–H groups in total. The number of carbonyl (C=O) groups excluding carboxylic acids is 2. The van der Waals surface area contributed by atoms with E-state index in [1.54, 1.807) is 9.80 Å². The Morgan fingerprint density at radius 3 is 2.48 bits per heavy atom. The van der Waals surface area contributed by atoms with Gasteiger partial charge in [-0.1, -0.05) is 0 Å². The van der Waals surface area contributed by atoms with Crippen LogP contribution in [0.25, 0.3) is 0 Å². The van der Waals surface area contributed by atoms with E-state index in [1.165, 1.54) is 0 Å². The van der Waals surface area contributed by atoms with Gasteiger partial charge in [-0.15, -0.1) is 24.0 Å². The topological polar surface area (TPSA) is 89.5 Å². The number of amides is 2. The summed E-state index contributed by atoms with van der Waals surface area (Å²) in [6, 6.07) is 0.195. The second kappa shape index (κ2) is 12.7. The van der Waals surface area contributed by atoms with Crippen LogP contribution < -0.4 is 10.6 Å². The van der Waals surface area contributed by atoms with Crippen molar-refractivity contribution in [3.8, 4) is 0 Å². The number of carbonyl (C=O) groups is 2. The van der Waals surface area contributed by atoms with Crippen LogP contribution in [0.2, 0.25) is 0 Å². The number of hydrogen-bond donors (Lipinski definition) is 2. The maximum Gasteiger partial charge on any atom is 0.410 e. The second-order valence-corrected chi connectivity index (χ2v) is 9.27. The number of hydrogen-bond acceptors (Lipinski definition) is 5. The lowest BCUT2D eigenvalue weighted by Crippen LogP contribution is -2.63. The van der Waals surface area contributed by atoms with Crippen LogP contribution in [0.5, 0.6) is 0 Å². The molecule has 0 bridgehead atoms. The normalized spacial score (nSPS) is 20.0. The molecule has 180 valence electrons. The zero-order valence-electron chi connectivity index (χ0n) is 19.9. The number of nitrogens with zero attached hydrogens (tertiary/aromatic N) is 4. The fourth-order valence-electron chi connectivity index (χ4n) is 3.69. The molecule has 10 heteroatoms. The Balaban J connectivity index is 0.00000480. The van der Waals surface area contributed by atoms with Crippen molar-refractivity contribution in [2.45, 2.75) is 64.6 Å². The zero-order chi connectivity index (χ0) is 22.3. The third-order valence-corrected chi connectivity index (χ3v) is 5.18. The van der Waals surface area contributed by atoms with Gasteiger partial charge in [0.15, 0.2) is 5.96 Å². The Morgan fingerprint density at radius 2 is 1.90 bits per heavy atom. The van der Waals surface area contributed by atoms with Crippen LogP contribution >= 0.6 is 24.0 Å². The molecule has 2 amide bonds. The molecule has 2 fully saturated rings. The summed E-state index contributed by atoms with van der Waals surface area (Å²) < 4.78 is 5.39. The summed E-state index contributed by atoms with van der Waals surface area (Å²) in [5, 5.41) is 6.65.